The number of anilines is 1. The fraction of sp³-hybridized carbons (Fsp3) is 0.389. The highest BCUT2D eigenvalue weighted by Crippen LogP contribution is 2.28. The van der Waals surface area contributed by atoms with Crippen LogP contribution in [0.15, 0.2) is 36.7 Å². The number of thiophene rings is 1. The van der Waals surface area contributed by atoms with Gasteiger partial charge in [-0.1, -0.05) is 6.07 Å². The van der Waals surface area contributed by atoms with Gasteiger partial charge in [-0.25, -0.2) is 9.36 Å². The number of aryl methyl sites for hydroxylation is 2. The molecule has 0 unspecified atom stereocenters. The molecule has 2 aromatic heterocycles. The van der Waals surface area contributed by atoms with Gasteiger partial charge in [-0.2, -0.15) is 0 Å². The topological polar surface area (TPSA) is 59.3 Å². The lowest BCUT2D eigenvalue weighted by Crippen LogP contribution is -3.00. The standard InChI is InChI=1S/C18H22N2O3S.BrH/c1-3-23-18(22)15-13-14(2)24-17(15)19-16(21)9-5-8-12-20-10-6-4-7-11-20;/h4,6-7,10-11,13H,3,5,8-9,12H2,1-2H3;1H. The van der Waals surface area contributed by atoms with Crippen LogP contribution in [0.2, 0.25) is 0 Å². The van der Waals surface area contributed by atoms with Crippen LogP contribution in [-0.2, 0) is 16.1 Å². The van der Waals surface area contributed by atoms with Crippen molar-refractivity contribution in [1.82, 2.24) is 0 Å². The first-order valence-electron chi connectivity index (χ1n) is 8.11. The van der Waals surface area contributed by atoms with Gasteiger partial charge in [0.25, 0.3) is 0 Å². The van der Waals surface area contributed by atoms with Crippen LogP contribution in [0.25, 0.3) is 0 Å². The lowest BCUT2D eigenvalue weighted by Gasteiger charge is -2.05. The number of rotatable bonds is 8. The number of unbranched alkanes of at least 4 members (excludes halogenated alkanes) is 1. The second kappa shape index (κ2) is 11.0. The molecule has 1 amide bonds. The number of hydrogen-bond acceptors (Lipinski definition) is 4. The van der Waals surface area contributed by atoms with E-state index in [-0.39, 0.29) is 22.9 Å². The maximum absolute atomic E-state index is 12.1. The summed E-state index contributed by atoms with van der Waals surface area (Å²) in [6, 6.07) is 7.71. The van der Waals surface area contributed by atoms with Gasteiger partial charge in [0.15, 0.2) is 12.4 Å². The van der Waals surface area contributed by atoms with E-state index in [4.69, 9.17) is 4.74 Å². The summed E-state index contributed by atoms with van der Waals surface area (Å²) in [4.78, 5) is 25.0. The highest BCUT2D eigenvalue weighted by Gasteiger charge is 2.17. The van der Waals surface area contributed by atoms with Gasteiger partial charge in [-0.15, -0.1) is 11.3 Å². The third-order valence-corrected chi connectivity index (χ3v) is 4.42. The number of ether oxygens (including phenoxy) is 1. The summed E-state index contributed by atoms with van der Waals surface area (Å²) in [5.74, 6) is -0.460. The van der Waals surface area contributed by atoms with E-state index >= 15 is 0 Å². The summed E-state index contributed by atoms with van der Waals surface area (Å²) in [6.45, 7) is 4.87. The number of nitrogens with zero attached hydrogens (tertiary/aromatic N) is 1. The first kappa shape index (κ1) is 21.3. The number of nitrogens with one attached hydrogen (secondary N) is 1. The molecule has 136 valence electrons. The summed E-state index contributed by atoms with van der Waals surface area (Å²) in [6.07, 6.45) is 6.19. The molecule has 2 heterocycles. The Kier molecular flexibility index (Phi) is 9.37. The fourth-order valence-corrected chi connectivity index (χ4v) is 3.24. The average Bonchev–Trinajstić information content (AvgIpc) is 2.93. The number of hydrogen-bond donors (Lipinski definition) is 1. The van der Waals surface area contributed by atoms with Gasteiger partial charge in [0.1, 0.15) is 11.5 Å². The van der Waals surface area contributed by atoms with Crippen LogP contribution < -0.4 is 26.9 Å². The number of amides is 1. The Morgan fingerprint density at radius 3 is 2.60 bits per heavy atom. The molecule has 0 aliphatic carbocycles. The normalized spacial score (nSPS) is 10.0. The van der Waals surface area contributed by atoms with Crippen molar-refractivity contribution < 1.29 is 35.9 Å². The van der Waals surface area contributed by atoms with E-state index in [9.17, 15) is 9.59 Å². The van der Waals surface area contributed by atoms with E-state index in [1.54, 1.807) is 13.0 Å². The van der Waals surface area contributed by atoms with Crippen molar-refractivity contribution in [1.29, 1.82) is 0 Å². The maximum Gasteiger partial charge on any atom is 0.341 e. The molecule has 2 aromatic rings. The maximum atomic E-state index is 12.1. The Labute approximate surface area is 162 Å². The van der Waals surface area contributed by atoms with E-state index in [1.807, 2.05) is 37.5 Å². The molecule has 0 saturated heterocycles. The van der Waals surface area contributed by atoms with Crippen molar-refractivity contribution >= 4 is 28.2 Å². The van der Waals surface area contributed by atoms with Crippen LogP contribution in [0.1, 0.15) is 41.4 Å². The number of aromatic nitrogens is 1. The van der Waals surface area contributed by atoms with E-state index < -0.39 is 5.97 Å². The van der Waals surface area contributed by atoms with Gasteiger partial charge in [0, 0.05) is 29.9 Å². The molecule has 0 saturated carbocycles. The van der Waals surface area contributed by atoms with Gasteiger partial charge >= 0.3 is 5.97 Å². The molecule has 0 bridgehead atoms. The monoisotopic (exact) mass is 426 g/mol. The Morgan fingerprint density at radius 1 is 1.20 bits per heavy atom. The zero-order chi connectivity index (χ0) is 17.4. The predicted molar refractivity (Wildman–Crippen MR) is 94.1 cm³/mol. The smallest absolute Gasteiger partial charge is 0.341 e. The second-order valence-electron chi connectivity index (χ2n) is 5.44. The zero-order valence-electron chi connectivity index (χ0n) is 14.5. The van der Waals surface area contributed by atoms with Crippen molar-refractivity contribution in [2.45, 2.75) is 39.7 Å². The average molecular weight is 427 g/mol. The Bertz CT molecular complexity index is 689. The van der Waals surface area contributed by atoms with Gasteiger partial charge in [0.2, 0.25) is 5.91 Å². The number of carbonyl (C=O) groups is 2. The van der Waals surface area contributed by atoms with Gasteiger partial charge in [-0.3, -0.25) is 4.79 Å². The van der Waals surface area contributed by atoms with Crippen molar-refractivity contribution in [2.75, 3.05) is 11.9 Å². The molecule has 0 aliphatic rings. The lowest BCUT2D eigenvalue weighted by molar-refractivity contribution is -0.697. The minimum atomic E-state index is -0.391. The molecule has 5 nitrogen and oxygen atoms in total. The molecule has 1 N–H and O–H groups in total. The molecule has 0 atom stereocenters. The molecule has 0 spiro atoms. The summed E-state index contributed by atoms with van der Waals surface area (Å²) in [5.41, 5.74) is 0.438. The first-order valence-corrected chi connectivity index (χ1v) is 8.93. The summed E-state index contributed by atoms with van der Waals surface area (Å²) in [5, 5.41) is 3.42. The number of halogens is 1. The molecular formula is C18H23BrN2O3S. The molecule has 25 heavy (non-hydrogen) atoms. The number of pyridine rings is 1. The number of esters is 1. The van der Waals surface area contributed by atoms with Crippen LogP contribution in [0, 0.1) is 6.92 Å². The van der Waals surface area contributed by atoms with Crippen molar-refractivity contribution in [2.24, 2.45) is 0 Å². The zero-order valence-corrected chi connectivity index (χ0v) is 16.9. The Balaban J connectivity index is 0.00000312. The summed E-state index contributed by atoms with van der Waals surface area (Å²) < 4.78 is 7.12. The fourth-order valence-electron chi connectivity index (χ4n) is 2.32. The van der Waals surface area contributed by atoms with E-state index in [2.05, 4.69) is 9.88 Å². The molecule has 0 aromatic carbocycles. The van der Waals surface area contributed by atoms with Crippen LogP contribution in [-0.4, -0.2) is 18.5 Å². The molecule has 2 rings (SSSR count). The van der Waals surface area contributed by atoms with Gasteiger partial charge in [0.05, 0.1) is 12.2 Å². The van der Waals surface area contributed by atoms with E-state index in [1.165, 1.54) is 11.3 Å². The van der Waals surface area contributed by atoms with Crippen molar-refractivity contribution in [3.8, 4) is 0 Å². The Morgan fingerprint density at radius 2 is 1.92 bits per heavy atom. The van der Waals surface area contributed by atoms with Crippen LogP contribution in [0.4, 0.5) is 5.00 Å². The lowest BCUT2D eigenvalue weighted by atomic mass is 10.2. The molecule has 0 aliphatic heterocycles. The first-order chi connectivity index (χ1) is 11.6. The summed E-state index contributed by atoms with van der Waals surface area (Å²) in [7, 11) is 0. The van der Waals surface area contributed by atoms with Gasteiger partial charge in [-0.05, 0) is 26.3 Å². The molecule has 7 heteroatoms. The van der Waals surface area contributed by atoms with Crippen LogP contribution in [0.3, 0.4) is 0 Å². The predicted octanol–water partition coefficient (Wildman–Crippen LogP) is 0.334. The second-order valence-corrected chi connectivity index (χ2v) is 6.70. The highest BCUT2D eigenvalue weighted by molar-refractivity contribution is 7.16. The van der Waals surface area contributed by atoms with E-state index in [0.29, 0.717) is 23.6 Å². The third-order valence-electron chi connectivity index (χ3n) is 3.45. The van der Waals surface area contributed by atoms with Gasteiger partial charge < -0.3 is 27.0 Å². The molecule has 0 fully saturated rings. The van der Waals surface area contributed by atoms with Crippen molar-refractivity contribution in [3.63, 3.8) is 0 Å². The highest BCUT2D eigenvalue weighted by atomic mass is 79.9. The SMILES string of the molecule is CCOC(=O)c1cc(C)sc1NC(=O)CCCC[n+]1ccccc1.[Br-]. The quantitative estimate of drug-likeness (QED) is 0.376. The van der Waals surface area contributed by atoms with Crippen LogP contribution in [0.5, 0.6) is 0 Å². The molecular weight excluding hydrogens is 404 g/mol. The Hall–Kier alpha value is -1.73. The van der Waals surface area contributed by atoms with E-state index in [0.717, 1.165) is 24.3 Å². The minimum Gasteiger partial charge on any atom is -1.00 e. The summed E-state index contributed by atoms with van der Waals surface area (Å²) >= 11 is 1.40. The van der Waals surface area contributed by atoms with Crippen molar-refractivity contribution in [3.05, 3.63) is 47.1 Å². The largest absolute Gasteiger partial charge is 1.00 e. The minimum absolute atomic E-state index is 0. The number of carbonyl (C=O) groups excluding carboxylic acids is 2. The molecule has 0 radical (unpaired) electrons. The third kappa shape index (κ3) is 6.96. The van der Waals surface area contributed by atoms with Crippen LogP contribution >= 0.6 is 11.3 Å².